The Labute approximate surface area is 127 Å². The molecule has 0 unspecified atom stereocenters. The normalized spacial score (nSPS) is 24.8. The highest BCUT2D eigenvalue weighted by Crippen LogP contribution is 2.39. The summed E-state index contributed by atoms with van der Waals surface area (Å²) < 4.78 is 0. The standard InChI is InChI=1S/C15H28N4O2/c1-18-10-6-12(7-11-18)19(2)14(20)15(13(16)17-21)8-4-3-5-9-15/h12,21H,3-11H2,1-2H3,(H2,16,17). The average molecular weight is 296 g/mol. The molecule has 1 aliphatic heterocycles. The zero-order chi connectivity index (χ0) is 15.5. The third-order valence-corrected chi connectivity index (χ3v) is 5.27. The maximum Gasteiger partial charge on any atom is 0.236 e. The molecular weight excluding hydrogens is 268 g/mol. The van der Waals surface area contributed by atoms with Crippen molar-refractivity contribution in [3.63, 3.8) is 0 Å². The van der Waals surface area contributed by atoms with Crippen LogP contribution in [-0.2, 0) is 4.79 Å². The molecule has 6 heteroatoms. The fourth-order valence-corrected chi connectivity index (χ4v) is 3.72. The molecule has 21 heavy (non-hydrogen) atoms. The Morgan fingerprint density at radius 1 is 1.29 bits per heavy atom. The van der Waals surface area contributed by atoms with E-state index in [9.17, 15) is 4.79 Å². The SMILES string of the molecule is CN1CCC(N(C)C(=O)C2(C(N)=NO)CCCCC2)CC1. The molecule has 1 saturated carbocycles. The Balaban J connectivity index is 2.14. The molecule has 0 radical (unpaired) electrons. The third kappa shape index (κ3) is 3.15. The minimum Gasteiger partial charge on any atom is -0.409 e. The summed E-state index contributed by atoms with van der Waals surface area (Å²) in [7, 11) is 3.98. The van der Waals surface area contributed by atoms with Crippen LogP contribution in [0.15, 0.2) is 5.16 Å². The molecular formula is C15H28N4O2. The van der Waals surface area contributed by atoms with E-state index in [0.717, 1.165) is 45.2 Å². The van der Waals surface area contributed by atoms with Crippen LogP contribution in [0.1, 0.15) is 44.9 Å². The number of hydrogen-bond acceptors (Lipinski definition) is 4. The number of oxime groups is 1. The molecule has 6 nitrogen and oxygen atoms in total. The van der Waals surface area contributed by atoms with Gasteiger partial charge < -0.3 is 20.7 Å². The number of rotatable bonds is 3. The fraction of sp³-hybridized carbons (Fsp3) is 0.867. The van der Waals surface area contributed by atoms with Crippen molar-refractivity contribution in [1.82, 2.24) is 9.80 Å². The molecule has 1 amide bonds. The van der Waals surface area contributed by atoms with E-state index < -0.39 is 5.41 Å². The topological polar surface area (TPSA) is 82.2 Å². The number of amides is 1. The number of carbonyl (C=O) groups is 1. The van der Waals surface area contributed by atoms with Gasteiger partial charge in [0, 0.05) is 13.1 Å². The van der Waals surface area contributed by atoms with E-state index in [0.29, 0.717) is 12.8 Å². The predicted molar refractivity (Wildman–Crippen MR) is 82.2 cm³/mol. The number of piperidine rings is 1. The lowest BCUT2D eigenvalue weighted by molar-refractivity contribution is -0.141. The Morgan fingerprint density at radius 2 is 1.86 bits per heavy atom. The number of amidine groups is 1. The summed E-state index contributed by atoms with van der Waals surface area (Å²) in [5.74, 6) is 0.124. The molecule has 0 bridgehead atoms. The molecule has 2 aliphatic rings. The molecule has 120 valence electrons. The van der Waals surface area contributed by atoms with Gasteiger partial charge >= 0.3 is 0 Å². The lowest BCUT2D eigenvalue weighted by atomic mass is 9.71. The second kappa shape index (κ2) is 6.64. The van der Waals surface area contributed by atoms with Crippen LogP contribution in [0.5, 0.6) is 0 Å². The van der Waals surface area contributed by atoms with Crippen LogP contribution in [0.2, 0.25) is 0 Å². The first kappa shape index (κ1) is 16.1. The van der Waals surface area contributed by atoms with Crippen molar-refractivity contribution in [2.75, 3.05) is 27.2 Å². The number of nitrogens with two attached hydrogens (primary N) is 1. The molecule has 3 N–H and O–H groups in total. The van der Waals surface area contributed by atoms with Crippen molar-refractivity contribution in [3.05, 3.63) is 0 Å². The highest BCUT2D eigenvalue weighted by molar-refractivity contribution is 6.06. The quantitative estimate of drug-likeness (QED) is 0.355. The number of nitrogens with zero attached hydrogens (tertiary/aromatic N) is 3. The largest absolute Gasteiger partial charge is 0.409 e. The van der Waals surface area contributed by atoms with Gasteiger partial charge in [-0.3, -0.25) is 4.79 Å². The van der Waals surface area contributed by atoms with E-state index in [1.54, 1.807) is 0 Å². The van der Waals surface area contributed by atoms with Gasteiger partial charge in [0.25, 0.3) is 0 Å². The van der Waals surface area contributed by atoms with Gasteiger partial charge in [0.2, 0.25) is 5.91 Å². The Kier molecular flexibility index (Phi) is 5.08. The van der Waals surface area contributed by atoms with Crippen LogP contribution in [0.25, 0.3) is 0 Å². The Bertz CT molecular complexity index is 396. The second-order valence-corrected chi connectivity index (χ2v) is 6.58. The molecule has 0 aromatic carbocycles. The first-order valence-corrected chi connectivity index (χ1v) is 7.95. The van der Waals surface area contributed by atoms with Gasteiger partial charge in [0.1, 0.15) is 5.41 Å². The minimum absolute atomic E-state index is 0.0343. The molecule has 1 aliphatic carbocycles. The third-order valence-electron chi connectivity index (χ3n) is 5.27. The summed E-state index contributed by atoms with van der Waals surface area (Å²) in [6.07, 6.45) is 6.41. The van der Waals surface area contributed by atoms with E-state index in [4.69, 9.17) is 10.9 Å². The number of carbonyl (C=O) groups excluding carboxylic acids is 1. The van der Waals surface area contributed by atoms with E-state index in [-0.39, 0.29) is 17.8 Å². The Morgan fingerprint density at radius 3 is 2.38 bits per heavy atom. The monoisotopic (exact) mass is 296 g/mol. The van der Waals surface area contributed by atoms with Crippen LogP contribution < -0.4 is 5.73 Å². The van der Waals surface area contributed by atoms with Crippen molar-refractivity contribution in [2.45, 2.75) is 51.0 Å². The van der Waals surface area contributed by atoms with E-state index in [2.05, 4.69) is 17.1 Å². The lowest BCUT2D eigenvalue weighted by Gasteiger charge is -2.42. The minimum atomic E-state index is -0.787. The van der Waals surface area contributed by atoms with Crippen molar-refractivity contribution in [2.24, 2.45) is 16.3 Å². The molecule has 0 aromatic rings. The summed E-state index contributed by atoms with van der Waals surface area (Å²) in [5, 5.41) is 12.3. The fourth-order valence-electron chi connectivity index (χ4n) is 3.72. The first-order chi connectivity index (χ1) is 10.0. The van der Waals surface area contributed by atoms with Crippen LogP contribution in [0.4, 0.5) is 0 Å². The molecule has 2 fully saturated rings. The summed E-state index contributed by atoms with van der Waals surface area (Å²) >= 11 is 0. The molecule has 0 spiro atoms. The van der Waals surface area contributed by atoms with Gasteiger partial charge in [0.05, 0.1) is 0 Å². The van der Waals surface area contributed by atoms with Gasteiger partial charge in [-0.15, -0.1) is 0 Å². The maximum absolute atomic E-state index is 13.0. The zero-order valence-electron chi connectivity index (χ0n) is 13.2. The molecule has 2 rings (SSSR count). The van der Waals surface area contributed by atoms with E-state index in [1.165, 1.54) is 0 Å². The molecule has 1 heterocycles. The predicted octanol–water partition coefficient (Wildman–Crippen LogP) is 1.24. The highest BCUT2D eigenvalue weighted by Gasteiger charge is 2.46. The summed E-state index contributed by atoms with van der Waals surface area (Å²) in [6, 6.07) is 0.263. The first-order valence-electron chi connectivity index (χ1n) is 7.95. The zero-order valence-corrected chi connectivity index (χ0v) is 13.2. The smallest absolute Gasteiger partial charge is 0.236 e. The van der Waals surface area contributed by atoms with E-state index in [1.807, 2.05) is 11.9 Å². The van der Waals surface area contributed by atoms with Crippen molar-refractivity contribution >= 4 is 11.7 Å². The molecule has 1 saturated heterocycles. The van der Waals surface area contributed by atoms with Crippen molar-refractivity contribution in [3.8, 4) is 0 Å². The maximum atomic E-state index is 13.0. The van der Waals surface area contributed by atoms with Crippen LogP contribution in [-0.4, -0.2) is 60.0 Å². The van der Waals surface area contributed by atoms with Crippen LogP contribution >= 0.6 is 0 Å². The highest BCUT2D eigenvalue weighted by atomic mass is 16.4. The van der Waals surface area contributed by atoms with E-state index >= 15 is 0 Å². The summed E-state index contributed by atoms with van der Waals surface area (Å²) in [6.45, 7) is 2.03. The number of hydrogen-bond donors (Lipinski definition) is 2. The van der Waals surface area contributed by atoms with Crippen LogP contribution in [0.3, 0.4) is 0 Å². The number of likely N-dealkylation sites (tertiary alicyclic amines) is 1. The van der Waals surface area contributed by atoms with Crippen molar-refractivity contribution in [1.29, 1.82) is 0 Å². The van der Waals surface area contributed by atoms with Gasteiger partial charge in [0.15, 0.2) is 5.84 Å². The van der Waals surface area contributed by atoms with Gasteiger partial charge in [-0.05, 0) is 45.8 Å². The summed E-state index contributed by atoms with van der Waals surface area (Å²) in [4.78, 5) is 17.2. The van der Waals surface area contributed by atoms with Crippen molar-refractivity contribution < 1.29 is 10.0 Å². The van der Waals surface area contributed by atoms with Gasteiger partial charge in [-0.25, -0.2) is 0 Å². The van der Waals surface area contributed by atoms with Crippen LogP contribution in [0, 0.1) is 5.41 Å². The average Bonchev–Trinajstić information content (AvgIpc) is 2.54. The lowest BCUT2D eigenvalue weighted by Crippen LogP contribution is -2.55. The van der Waals surface area contributed by atoms with Gasteiger partial charge in [-0.2, -0.15) is 0 Å². The second-order valence-electron chi connectivity index (χ2n) is 6.58. The molecule has 0 atom stereocenters. The molecule has 0 aromatic heterocycles. The summed E-state index contributed by atoms with van der Waals surface area (Å²) in [5.41, 5.74) is 5.13. The Hall–Kier alpha value is -1.30. The van der Waals surface area contributed by atoms with Gasteiger partial charge in [-0.1, -0.05) is 24.4 Å².